The molecule has 0 aliphatic heterocycles. The third-order valence-corrected chi connectivity index (χ3v) is 2.74. The van der Waals surface area contributed by atoms with E-state index in [0.29, 0.717) is 12.8 Å². The molecule has 0 amide bonds. The Hall–Kier alpha value is -1.57. The first-order chi connectivity index (χ1) is 7.94. The number of rotatable bonds is 7. The molecule has 0 aliphatic carbocycles. The highest BCUT2D eigenvalue weighted by Crippen LogP contribution is 2.31. The van der Waals surface area contributed by atoms with Crippen LogP contribution in [0.4, 0.5) is 0 Å². The van der Waals surface area contributed by atoms with Crippen molar-refractivity contribution in [1.82, 2.24) is 0 Å². The highest BCUT2D eigenvalue weighted by molar-refractivity contribution is 5.99. The molecular formula is C12H19NO4. The molecule has 0 bridgehead atoms. The highest BCUT2D eigenvalue weighted by Gasteiger charge is 2.47. The van der Waals surface area contributed by atoms with Crippen molar-refractivity contribution in [3.05, 3.63) is 0 Å². The van der Waals surface area contributed by atoms with E-state index >= 15 is 0 Å². The fraction of sp³-hybridized carbons (Fsp3) is 0.750. The summed E-state index contributed by atoms with van der Waals surface area (Å²) in [6.45, 7) is 5.30. The average Bonchev–Trinajstić information content (AvgIpc) is 2.27. The van der Waals surface area contributed by atoms with Crippen molar-refractivity contribution in [2.24, 2.45) is 5.41 Å². The second-order valence-electron chi connectivity index (χ2n) is 4.10. The van der Waals surface area contributed by atoms with Crippen molar-refractivity contribution in [1.29, 1.82) is 5.26 Å². The lowest BCUT2D eigenvalue weighted by atomic mass is 9.80. The van der Waals surface area contributed by atoms with Gasteiger partial charge >= 0.3 is 11.9 Å². The van der Waals surface area contributed by atoms with E-state index in [1.54, 1.807) is 19.9 Å². The van der Waals surface area contributed by atoms with Crippen molar-refractivity contribution in [3.63, 3.8) is 0 Å². The predicted molar refractivity (Wildman–Crippen MR) is 61.1 cm³/mol. The van der Waals surface area contributed by atoms with E-state index in [-0.39, 0.29) is 18.9 Å². The Morgan fingerprint density at radius 1 is 1.47 bits per heavy atom. The molecule has 0 spiro atoms. The number of carboxylic acids is 1. The summed E-state index contributed by atoms with van der Waals surface area (Å²) in [6, 6.07) is 1.77. The van der Waals surface area contributed by atoms with E-state index in [4.69, 9.17) is 10.00 Å². The molecule has 0 aromatic heterocycles. The largest absolute Gasteiger partial charge is 0.480 e. The molecule has 0 aromatic rings. The number of carboxylic acid groups (broad SMARTS) is 1. The zero-order chi connectivity index (χ0) is 13.5. The molecule has 2 atom stereocenters. The molecule has 0 aromatic carbocycles. The molecule has 5 heteroatoms. The Balaban J connectivity index is 5.07. The molecule has 5 nitrogen and oxygen atoms in total. The molecule has 0 fully saturated rings. The van der Waals surface area contributed by atoms with Crippen molar-refractivity contribution in [2.45, 2.75) is 52.6 Å². The maximum atomic E-state index is 11.9. The number of nitrogens with zero attached hydrogens (tertiary/aromatic N) is 1. The fourth-order valence-electron chi connectivity index (χ4n) is 1.47. The van der Waals surface area contributed by atoms with E-state index < -0.39 is 17.4 Å². The van der Waals surface area contributed by atoms with Crippen LogP contribution in [0.1, 0.15) is 46.5 Å². The second-order valence-corrected chi connectivity index (χ2v) is 4.10. The Bertz CT molecular complexity index is 321. The molecule has 0 heterocycles. The molecule has 1 N–H and O–H groups in total. The minimum Gasteiger partial charge on any atom is -0.480 e. The normalized spacial score (nSPS) is 15.4. The van der Waals surface area contributed by atoms with Crippen LogP contribution in [-0.2, 0) is 14.3 Å². The van der Waals surface area contributed by atoms with Gasteiger partial charge in [0.2, 0.25) is 0 Å². The van der Waals surface area contributed by atoms with Crippen LogP contribution in [0, 0.1) is 16.7 Å². The number of esters is 1. The van der Waals surface area contributed by atoms with Crippen LogP contribution in [0.15, 0.2) is 0 Å². The van der Waals surface area contributed by atoms with Gasteiger partial charge in [-0.05, 0) is 19.8 Å². The number of ether oxygens (including phenoxy) is 1. The van der Waals surface area contributed by atoms with Crippen molar-refractivity contribution in [2.75, 3.05) is 0 Å². The van der Waals surface area contributed by atoms with Gasteiger partial charge in [0.1, 0.15) is 0 Å². The minimum absolute atomic E-state index is 0.116. The molecule has 0 radical (unpaired) electrons. The van der Waals surface area contributed by atoms with E-state index in [9.17, 15) is 14.7 Å². The summed E-state index contributed by atoms with van der Waals surface area (Å²) in [5.74, 6) is -2.09. The molecular weight excluding hydrogens is 222 g/mol. The average molecular weight is 241 g/mol. The summed E-state index contributed by atoms with van der Waals surface area (Å²) < 4.78 is 5.06. The Kier molecular flexibility index (Phi) is 6.26. The molecule has 17 heavy (non-hydrogen) atoms. The molecule has 0 aliphatic rings. The van der Waals surface area contributed by atoms with Gasteiger partial charge in [0, 0.05) is 0 Å². The van der Waals surface area contributed by atoms with Gasteiger partial charge in [0.25, 0.3) is 0 Å². The van der Waals surface area contributed by atoms with Crippen LogP contribution >= 0.6 is 0 Å². The van der Waals surface area contributed by atoms with E-state index in [2.05, 4.69) is 0 Å². The first kappa shape index (κ1) is 15.4. The fourth-order valence-corrected chi connectivity index (χ4v) is 1.47. The smallest absolute Gasteiger partial charge is 0.324 e. The first-order valence-electron chi connectivity index (χ1n) is 5.76. The maximum absolute atomic E-state index is 11.9. The van der Waals surface area contributed by atoms with Gasteiger partial charge in [-0.25, -0.2) is 0 Å². The number of carbonyl (C=O) groups excluding carboxylic acids is 1. The first-order valence-corrected chi connectivity index (χ1v) is 5.76. The van der Waals surface area contributed by atoms with Gasteiger partial charge in [0.15, 0.2) is 5.41 Å². The lowest BCUT2D eigenvalue weighted by Crippen LogP contribution is -2.41. The van der Waals surface area contributed by atoms with Crippen LogP contribution in [0.25, 0.3) is 0 Å². The molecule has 2 unspecified atom stereocenters. The van der Waals surface area contributed by atoms with Crippen molar-refractivity contribution < 1.29 is 19.4 Å². The summed E-state index contributed by atoms with van der Waals surface area (Å²) in [4.78, 5) is 23.2. The van der Waals surface area contributed by atoms with Gasteiger partial charge in [-0.1, -0.05) is 20.3 Å². The number of hydrogen-bond acceptors (Lipinski definition) is 4. The summed E-state index contributed by atoms with van der Waals surface area (Å²) in [5.41, 5.74) is -1.72. The lowest BCUT2D eigenvalue weighted by molar-refractivity contribution is -0.172. The Morgan fingerprint density at radius 3 is 2.41 bits per heavy atom. The van der Waals surface area contributed by atoms with Gasteiger partial charge < -0.3 is 9.84 Å². The molecule has 96 valence electrons. The summed E-state index contributed by atoms with van der Waals surface area (Å²) in [6.07, 6.45) is 0.539. The molecule has 0 saturated carbocycles. The standard InChI is InChI=1S/C12H19NO4/c1-4-6-12(7-8-13,10(14)15)11(16)17-9(3)5-2/h9H,4-7H2,1-3H3,(H,14,15). The number of carbonyl (C=O) groups is 2. The van der Waals surface area contributed by atoms with Crippen molar-refractivity contribution >= 4 is 11.9 Å². The van der Waals surface area contributed by atoms with Gasteiger partial charge in [-0.15, -0.1) is 0 Å². The Morgan fingerprint density at radius 2 is 2.06 bits per heavy atom. The van der Waals surface area contributed by atoms with Crippen LogP contribution in [0.5, 0.6) is 0 Å². The van der Waals surface area contributed by atoms with E-state index in [0.717, 1.165) is 0 Å². The second kappa shape index (κ2) is 6.89. The number of aliphatic carboxylic acids is 1. The minimum atomic E-state index is -1.72. The summed E-state index contributed by atoms with van der Waals surface area (Å²) in [5, 5.41) is 17.9. The zero-order valence-electron chi connectivity index (χ0n) is 10.5. The van der Waals surface area contributed by atoms with E-state index in [1.807, 2.05) is 6.92 Å². The topological polar surface area (TPSA) is 87.4 Å². The maximum Gasteiger partial charge on any atom is 0.324 e. The van der Waals surface area contributed by atoms with Crippen LogP contribution in [-0.4, -0.2) is 23.1 Å². The van der Waals surface area contributed by atoms with Crippen molar-refractivity contribution in [3.8, 4) is 6.07 Å². The lowest BCUT2D eigenvalue weighted by Gasteiger charge is -2.25. The van der Waals surface area contributed by atoms with E-state index in [1.165, 1.54) is 0 Å². The third kappa shape index (κ3) is 3.74. The molecule has 0 rings (SSSR count). The Labute approximate surface area is 101 Å². The van der Waals surface area contributed by atoms with Crippen LogP contribution < -0.4 is 0 Å². The van der Waals surface area contributed by atoms with Gasteiger partial charge in [-0.2, -0.15) is 5.26 Å². The van der Waals surface area contributed by atoms with Gasteiger partial charge in [-0.3, -0.25) is 9.59 Å². The monoisotopic (exact) mass is 241 g/mol. The van der Waals surface area contributed by atoms with Crippen LogP contribution in [0.3, 0.4) is 0 Å². The zero-order valence-corrected chi connectivity index (χ0v) is 10.5. The molecule has 0 saturated heterocycles. The van der Waals surface area contributed by atoms with Gasteiger partial charge in [0.05, 0.1) is 18.6 Å². The SMILES string of the molecule is CCCC(CC#N)(C(=O)O)C(=O)OC(C)CC. The third-order valence-electron chi connectivity index (χ3n) is 2.74. The van der Waals surface area contributed by atoms with Crippen LogP contribution in [0.2, 0.25) is 0 Å². The predicted octanol–water partition coefficient (Wildman–Crippen LogP) is 2.11. The number of hydrogen-bond donors (Lipinski definition) is 1. The summed E-state index contributed by atoms with van der Waals surface area (Å²) >= 11 is 0. The highest BCUT2D eigenvalue weighted by atomic mass is 16.5. The number of nitriles is 1. The summed E-state index contributed by atoms with van der Waals surface area (Å²) in [7, 11) is 0. The quantitative estimate of drug-likeness (QED) is 0.544.